The van der Waals surface area contributed by atoms with Crippen LogP contribution in [0.25, 0.3) is 0 Å². The van der Waals surface area contributed by atoms with Gasteiger partial charge >= 0.3 is 0 Å². The van der Waals surface area contributed by atoms with Crippen LogP contribution in [0.1, 0.15) is 71.6 Å². The van der Waals surface area contributed by atoms with Crippen LogP contribution in [0.15, 0.2) is 0 Å². The van der Waals surface area contributed by atoms with Crippen molar-refractivity contribution in [3.8, 4) is 0 Å². The summed E-state index contributed by atoms with van der Waals surface area (Å²) in [4.78, 5) is 12.4. The van der Waals surface area contributed by atoms with E-state index in [4.69, 9.17) is 0 Å². The van der Waals surface area contributed by atoms with Crippen molar-refractivity contribution in [1.29, 1.82) is 0 Å². The average Bonchev–Trinajstić information content (AvgIpc) is 2.75. The van der Waals surface area contributed by atoms with E-state index in [2.05, 4.69) is 13.8 Å². The molecular weight excluding hydrogens is 263 g/mol. The summed E-state index contributed by atoms with van der Waals surface area (Å²) in [5.41, 5.74) is 0.103. The van der Waals surface area contributed by atoms with Gasteiger partial charge in [-0.05, 0) is 67.6 Å². The number of carbonyl (C=O) groups excluding carboxylic acids is 1. The summed E-state index contributed by atoms with van der Waals surface area (Å²) >= 11 is 0. The first-order valence-corrected chi connectivity index (χ1v) is 9.14. The smallest absolute Gasteiger partial charge is 0.139 e. The third-order valence-electron chi connectivity index (χ3n) is 8.25. The van der Waals surface area contributed by atoms with Gasteiger partial charge in [0.15, 0.2) is 0 Å². The van der Waals surface area contributed by atoms with E-state index in [1.54, 1.807) is 0 Å². The van der Waals surface area contributed by atoms with Crippen molar-refractivity contribution in [2.45, 2.75) is 77.8 Å². The van der Waals surface area contributed by atoms with Crippen LogP contribution in [-0.2, 0) is 4.79 Å². The normalized spacial score (nSPS) is 56.5. The Morgan fingerprint density at radius 3 is 2.62 bits per heavy atom. The molecule has 4 aliphatic carbocycles. The third kappa shape index (κ3) is 1.77. The second-order valence-corrected chi connectivity index (χ2v) is 8.90. The maximum Gasteiger partial charge on any atom is 0.139 e. The zero-order valence-corrected chi connectivity index (χ0v) is 13.5. The zero-order valence-electron chi connectivity index (χ0n) is 13.5. The first kappa shape index (κ1) is 14.2. The highest BCUT2D eigenvalue weighted by molar-refractivity contribution is 5.87. The van der Waals surface area contributed by atoms with E-state index >= 15 is 0 Å². The van der Waals surface area contributed by atoms with Gasteiger partial charge in [-0.2, -0.15) is 0 Å². The molecule has 4 rings (SSSR count). The fraction of sp³-hybridized carbons (Fsp3) is 0.947. The van der Waals surface area contributed by atoms with Crippen LogP contribution in [0.4, 0.5) is 4.39 Å². The molecule has 0 aromatic rings. The standard InChI is InChI=1S/C19H29FO/c1-18-9-4-3-5-15(18)16(20)11-12-13-6-7-17(21)19(13,2)10-8-14(12)18/h12-16H,3-11H2,1-2H3/t12-,13-,14-,15-,16+,18-,19+/m1/s1. The van der Waals surface area contributed by atoms with Crippen molar-refractivity contribution in [2.24, 2.45) is 34.5 Å². The lowest BCUT2D eigenvalue weighted by Gasteiger charge is -2.60. The first-order chi connectivity index (χ1) is 9.97. The molecule has 4 saturated carbocycles. The van der Waals surface area contributed by atoms with Gasteiger partial charge in [0.25, 0.3) is 0 Å². The minimum absolute atomic E-state index is 0.112. The average molecular weight is 292 g/mol. The lowest BCUT2D eigenvalue weighted by molar-refractivity contribution is -0.148. The molecule has 0 unspecified atom stereocenters. The Morgan fingerprint density at radius 1 is 1.00 bits per heavy atom. The second kappa shape index (κ2) is 4.55. The van der Waals surface area contributed by atoms with Gasteiger partial charge in [-0.1, -0.05) is 26.7 Å². The molecule has 0 aliphatic heterocycles. The summed E-state index contributed by atoms with van der Waals surface area (Å²) in [5, 5.41) is 0. The molecule has 118 valence electrons. The number of ketones is 1. The minimum Gasteiger partial charge on any atom is -0.299 e. The highest BCUT2D eigenvalue weighted by Gasteiger charge is 2.61. The quantitative estimate of drug-likeness (QED) is 0.618. The predicted octanol–water partition coefficient (Wildman–Crippen LogP) is 4.94. The number of fused-ring (bicyclic) bond motifs is 5. The van der Waals surface area contributed by atoms with Crippen LogP contribution in [0.5, 0.6) is 0 Å². The maximum atomic E-state index is 14.9. The van der Waals surface area contributed by atoms with Crippen molar-refractivity contribution in [1.82, 2.24) is 0 Å². The summed E-state index contributed by atoms with van der Waals surface area (Å²) in [6, 6.07) is 0. The van der Waals surface area contributed by atoms with Crippen LogP contribution in [-0.4, -0.2) is 12.0 Å². The fourth-order valence-corrected chi connectivity index (χ4v) is 7.07. The van der Waals surface area contributed by atoms with E-state index in [1.165, 1.54) is 25.7 Å². The highest BCUT2D eigenvalue weighted by Crippen LogP contribution is 2.65. The summed E-state index contributed by atoms with van der Waals surface area (Å²) in [5.74, 6) is 2.40. The van der Waals surface area contributed by atoms with Crippen molar-refractivity contribution in [3.05, 3.63) is 0 Å². The molecule has 7 atom stereocenters. The monoisotopic (exact) mass is 292 g/mol. The lowest BCUT2D eigenvalue weighted by Crippen LogP contribution is -2.56. The second-order valence-electron chi connectivity index (χ2n) is 8.90. The molecule has 0 amide bonds. The van der Waals surface area contributed by atoms with Gasteiger partial charge in [0.1, 0.15) is 12.0 Å². The molecule has 0 spiro atoms. The Labute approximate surface area is 128 Å². The van der Waals surface area contributed by atoms with Crippen LogP contribution in [0.2, 0.25) is 0 Å². The Hall–Kier alpha value is -0.400. The predicted molar refractivity (Wildman–Crippen MR) is 81.6 cm³/mol. The van der Waals surface area contributed by atoms with Gasteiger partial charge in [-0.15, -0.1) is 0 Å². The van der Waals surface area contributed by atoms with Crippen molar-refractivity contribution < 1.29 is 9.18 Å². The van der Waals surface area contributed by atoms with Crippen LogP contribution in [0.3, 0.4) is 0 Å². The molecule has 0 aromatic carbocycles. The van der Waals surface area contributed by atoms with E-state index < -0.39 is 6.17 Å². The Bertz CT molecular complexity index is 460. The van der Waals surface area contributed by atoms with E-state index in [1.807, 2.05) is 0 Å². The Morgan fingerprint density at radius 2 is 1.81 bits per heavy atom. The van der Waals surface area contributed by atoms with E-state index in [0.29, 0.717) is 29.5 Å². The largest absolute Gasteiger partial charge is 0.299 e. The molecule has 2 heteroatoms. The van der Waals surface area contributed by atoms with Gasteiger partial charge in [-0.25, -0.2) is 4.39 Å². The maximum absolute atomic E-state index is 14.9. The molecule has 0 heterocycles. The third-order valence-corrected chi connectivity index (χ3v) is 8.25. The number of Topliss-reactive ketones (excluding diaryl/α,β-unsaturated/α-hetero) is 1. The zero-order chi connectivity index (χ0) is 14.8. The number of hydrogen-bond donors (Lipinski definition) is 0. The van der Waals surface area contributed by atoms with Crippen LogP contribution >= 0.6 is 0 Å². The highest BCUT2D eigenvalue weighted by atomic mass is 19.1. The summed E-state index contributed by atoms with van der Waals surface area (Å²) in [7, 11) is 0. The van der Waals surface area contributed by atoms with Crippen LogP contribution in [0, 0.1) is 34.5 Å². The summed E-state index contributed by atoms with van der Waals surface area (Å²) in [6.07, 6.45) is 8.97. The van der Waals surface area contributed by atoms with Gasteiger partial charge in [-0.3, -0.25) is 4.79 Å². The molecule has 4 fully saturated rings. The first-order valence-electron chi connectivity index (χ1n) is 9.14. The van der Waals surface area contributed by atoms with E-state index in [-0.39, 0.29) is 10.8 Å². The fourth-order valence-electron chi connectivity index (χ4n) is 7.07. The van der Waals surface area contributed by atoms with Crippen LogP contribution < -0.4 is 0 Å². The van der Waals surface area contributed by atoms with Crippen molar-refractivity contribution in [3.63, 3.8) is 0 Å². The SMILES string of the molecule is C[C@]12CCCC[C@@H]1[C@@H](F)C[C@H]1[C@H]2CC[C@]2(C)C(=O)CC[C@H]12. The van der Waals surface area contributed by atoms with E-state index in [9.17, 15) is 9.18 Å². The van der Waals surface area contributed by atoms with Gasteiger partial charge in [0.05, 0.1) is 0 Å². The number of rotatable bonds is 0. The minimum atomic E-state index is -0.616. The molecular formula is C19H29FO. The molecule has 0 bridgehead atoms. The number of alkyl halides is 1. The van der Waals surface area contributed by atoms with Crippen molar-refractivity contribution in [2.75, 3.05) is 0 Å². The molecule has 0 radical (unpaired) electrons. The number of carbonyl (C=O) groups is 1. The van der Waals surface area contributed by atoms with Crippen molar-refractivity contribution >= 4 is 5.78 Å². The number of hydrogen-bond acceptors (Lipinski definition) is 1. The van der Waals surface area contributed by atoms with Gasteiger partial charge in [0, 0.05) is 11.8 Å². The summed E-state index contributed by atoms with van der Waals surface area (Å²) < 4.78 is 14.9. The van der Waals surface area contributed by atoms with Gasteiger partial charge in [0.2, 0.25) is 0 Å². The topological polar surface area (TPSA) is 17.1 Å². The van der Waals surface area contributed by atoms with E-state index in [0.717, 1.165) is 32.1 Å². The molecule has 1 nitrogen and oxygen atoms in total. The molecule has 0 aromatic heterocycles. The Balaban J connectivity index is 1.69. The summed E-state index contributed by atoms with van der Waals surface area (Å²) in [6.45, 7) is 4.57. The molecule has 0 N–H and O–H groups in total. The molecule has 4 aliphatic rings. The Kier molecular flexibility index (Phi) is 3.08. The van der Waals surface area contributed by atoms with Gasteiger partial charge < -0.3 is 0 Å². The molecule has 0 saturated heterocycles. The number of halogens is 1. The lowest BCUT2D eigenvalue weighted by atomic mass is 9.45. The molecule has 21 heavy (non-hydrogen) atoms.